The Morgan fingerprint density at radius 2 is 1.69 bits per heavy atom. The number of piperidine rings is 1. The van der Waals surface area contributed by atoms with Gasteiger partial charge in [0.1, 0.15) is 0 Å². The minimum atomic E-state index is 0.0482. The van der Waals surface area contributed by atoms with Crippen LogP contribution in [-0.2, 0) is 16.1 Å². The van der Waals surface area contributed by atoms with Gasteiger partial charge in [0.05, 0.1) is 31.3 Å². The van der Waals surface area contributed by atoms with Gasteiger partial charge in [0.25, 0.3) is 0 Å². The predicted octanol–water partition coefficient (Wildman–Crippen LogP) is 2.50. The van der Waals surface area contributed by atoms with Gasteiger partial charge in [-0.25, -0.2) is 9.97 Å². The normalized spacial score (nSPS) is 18.0. The number of aromatic nitrogens is 2. The number of benzene rings is 1. The van der Waals surface area contributed by atoms with Crippen LogP contribution in [0.3, 0.4) is 0 Å². The Morgan fingerprint density at radius 3 is 2.34 bits per heavy atom. The van der Waals surface area contributed by atoms with Gasteiger partial charge in [-0.15, -0.1) is 0 Å². The van der Waals surface area contributed by atoms with Crippen molar-refractivity contribution < 1.29 is 9.53 Å². The number of nitrogens with zero attached hydrogens (tertiary/aromatic N) is 4. The molecule has 3 heterocycles. The predicted molar refractivity (Wildman–Crippen MR) is 113 cm³/mol. The van der Waals surface area contributed by atoms with E-state index in [0.717, 1.165) is 69.4 Å². The topological polar surface area (TPSA) is 70.6 Å². The van der Waals surface area contributed by atoms with E-state index in [-0.39, 0.29) is 11.8 Å². The van der Waals surface area contributed by atoms with Crippen LogP contribution in [0, 0.1) is 5.92 Å². The third-order valence-corrected chi connectivity index (χ3v) is 5.78. The zero-order valence-corrected chi connectivity index (χ0v) is 17.1. The zero-order chi connectivity index (χ0) is 20.1. The second kappa shape index (κ2) is 9.41. The lowest BCUT2D eigenvalue weighted by Gasteiger charge is -2.33. The first-order valence-corrected chi connectivity index (χ1v) is 10.5. The molecular formula is C21H26ClN5O2. The number of morpholine rings is 1. The van der Waals surface area contributed by atoms with Crippen LogP contribution in [0.5, 0.6) is 0 Å². The Hall–Kier alpha value is -2.38. The highest BCUT2D eigenvalue weighted by Gasteiger charge is 2.25. The van der Waals surface area contributed by atoms with Crippen molar-refractivity contribution >= 4 is 29.1 Å². The Kier molecular flexibility index (Phi) is 6.46. The minimum Gasteiger partial charge on any atom is -0.378 e. The van der Waals surface area contributed by atoms with Crippen LogP contribution in [0.2, 0.25) is 5.02 Å². The Balaban J connectivity index is 1.25. The second-order valence-corrected chi connectivity index (χ2v) is 7.88. The van der Waals surface area contributed by atoms with Crippen molar-refractivity contribution in [3.05, 3.63) is 47.2 Å². The third-order valence-electron chi connectivity index (χ3n) is 5.53. The van der Waals surface area contributed by atoms with Crippen LogP contribution >= 0.6 is 11.6 Å². The van der Waals surface area contributed by atoms with E-state index in [1.807, 2.05) is 36.7 Å². The number of nitrogens with one attached hydrogen (secondary N) is 1. The molecule has 2 aliphatic rings. The molecule has 2 aliphatic heterocycles. The maximum absolute atomic E-state index is 12.5. The fourth-order valence-electron chi connectivity index (χ4n) is 3.74. The van der Waals surface area contributed by atoms with E-state index in [0.29, 0.717) is 11.6 Å². The number of carbonyl (C=O) groups is 1. The molecule has 4 rings (SSSR count). The lowest BCUT2D eigenvalue weighted by molar-refractivity contribution is -0.125. The van der Waals surface area contributed by atoms with Crippen molar-refractivity contribution in [2.45, 2.75) is 19.4 Å². The summed E-state index contributed by atoms with van der Waals surface area (Å²) >= 11 is 5.90. The summed E-state index contributed by atoms with van der Waals surface area (Å²) in [6, 6.07) is 7.56. The summed E-state index contributed by atoms with van der Waals surface area (Å²) in [5.41, 5.74) is 2.07. The first-order valence-electron chi connectivity index (χ1n) is 10.1. The van der Waals surface area contributed by atoms with E-state index in [1.165, 1.54) is 0 Å². The van der Waals surface area contributed by atoms with E-state index in [9.17, 15) is 4.79 Å². The number of hydrogen-bond donors (Lipinski definition) is 1. The molecule has 0 atom stereocenters. The van der Waals surface area contributed by atoms with Crippen molar-refractivity contribution in [2.75, 3.05) is 49.2 Å². The van der Waals surface area contributed by atoms with Crippen LogP contribution < -0.4 is 15.1 Å². The molecule has 0 saturated carbocycles. The molecule has 0 aliphatic carbocycles. The van der Waals surface area contributed by atoms with Gasteiger partial charge < -0.3 is 19.9 Å². The molecule has 2 aromatic rings. The molecule has 1 N–H and O–H groups in total. The molecule has 0 spiro atoms. The molecule has 8 heteroatoms. The van der Waals surface area contributed by atoms with Gasteiger partial charge in [-0.2, -0.15) is 0 Å². The molecule has 7 nitrogen and oxygen atoms in total. The average Bonchev–Trinajstić information content (AvgIpc) is 2.79. The maximum Gasteiger partial charge on any atom is 0.225 e. The molecule has 0 unspecified atom stereocenters. The van der Waals surface area contributed by atoms with Crippen molar-refractivity contribution in [1.82, 2.24) is 15.3 Å². The van der Waals surface area contributed by atoms with Gasteiger partial charge in [-0.3, -0.25) is 4.79 Å². The Bertz CT molecular complexity index is 801. The Morgan fingerprint density at radius 1 is 1.03 bits per heavy atom. The number of hydrogen-bond acceptors (Lipinski definition) is 6. The van der Waals surface area contributed by atoms with Crippen LogP contribution in [-0.4, -0.2) is 55.3 Å². The van der Waals surface area contributed by atoms with Gasteiger partial charge in [0.2, 0.25) is 11.9 Å². The molecule has 2 saturated heterocycles. The second-order valence-electron chi connectivity index (χ2n) is 7.45. The first-order chi connectivity index (χ1) is 14.2. The van der Waals surface area contributed by atoms with Crippen LogP contribution in [0.4, 0.5) is 11.6 Å². The van der Waals surface area contributed by atoms with Crippen LogP contribution in [0.1, 0.15) is 18.4 Å². The number of amides is 1. The SMILES string of the molecule is O=C(NCc1ccc(Cl)cc1)C1CCN(c2cnc(N3CCOCC3)nc2)CC1. The van der Waals surface area contributed by atoms with Crippen molar-refractivity contribution in [1.29, 1.82) is 0 Å². The summed E-state index contributed by atoms with van der Waals surface area (Å²) in [5, 5.41) is 3.75. The lowest BCUT2D eigenvalue weighted by Crippen LogP contribution is -2.40. The first kappa shape index (κ1) is 19.9. The van der Waals surface area contributed by atoms with Crippen molar-refractivity contribution in [3.8, 4) is 0 Å². The van der Waals surface area contributed by atoms with E-state index < -0.39 is 0 Å². The standard InChI is InChI=1S/C21H26ClN5O2/c22-18-3-1-16(2-4-18)13-23-20(28)17-5-7-26(8-6-17)19-14-24-21(25-15-19)27-9-11-29-12-10-27/h1-4,14-15,17H,5-13H2,(H,23,28). The van der Waals surface area contributed by atoms with E-state index >= 15 is 0 Å². The fraction of sp³-hybridized carbons (Fsp3) is 0.476. The maximum atomic E-state index is 12.5. The van der Waals surface area contributed by atoms with Crippen molar-refractivity contribution in [3.63, 3.8) is 0 Å². The molecule has 1 amide bonds. The Labute approximate surface area is 176 Å². The smallest absolute Gasteiger partial charge is 0.225 e. The van der Waals surface area contributed by atoms with E-state index in [4.69, 9.17) is 16.3 Å². The molecule has 2 fully saturated rings. The number of rotatable bonds is 5. The summed E-state index contributed by atoms with van der Waals surface area (Å²) in [6.45, 7) is 5.30. The monoisotopic (exact) mass is 415 g/mol. The summed E-state index contributed by atoms with van der Waals surface area (Å²) in [6.07, 6.45) is 5.44. The van der Waals surface area contributed by atoms with Gasteiger partial charge >= 0.3 is 0 Å². The highest BCUT2D eigenvalue weighted by Crippen LogP contribution is 2.23. The number of halogens is 1. The summed E-state index contributed by atoms with van der Waals surface area (Å²) in [5.74, 6) is 0.930. The highest BCUT2D eigenvalue weighted by molar-refractivity contribution is 6.30. The van der Waals surface area contributed by atoms with E-state index in [1.54, 1.807) is 0 Å². The molecule has 29 heavy (non-hydrogen) atoms. The van der Waals surface area contributed by atoms with Gasteiger partial charge in [0.15, 0.2) is 0 Å². The average molecular weight is 416 g/mol. The molecule has 0 radical (unpaired) electrons. The van der Waals surface area contributed by atoms with Crippen LogP contribution in [0.15, 0.2) is 36.7 Å². The number of anilines is 2. The number of ether oxygens (including phenoxy) is 1. The molecular weight excluding hydrogens is 390 g/mol. The van der Waals surface area contributed by atoms with Crippen molar-refractivity contribution in [2.24, 2.45) is 5.92 Å². The third kappa shape index (κ3) is 5.16. The number of carbonyl (C=O) groups excluding carboxylic acids is 1. The summed E-state index contributed by atoms with van der Waals surface area (Å²) < 4.78 is 5.37. The van der Waals surface area contributed by atoms with Gasteiger partial charge in [0, 0.05) is 43.7 Å². The highest BCUT2D eigenvalue weighted by atomic mass is 35.5. The molecule has 1 aromatic heterocycles. The lowest BCUT2D eigenvalue weighted by atomic mass is 9.95. The molecule has 1 aromatic carbocycles. The minimum absolute atomic E-state index is 0.0482. The summed E-state index contributed by atoms with van der Waals surface area (Å²) in [4.78, 5) is 26.0. The molecule has 154 valence electrons. The van der Waals surface area contributed by atoms with Gasteiger partial charge in [-0.05, 0) is 30.5 Å². The quantitative estimate of drug-likeness (QED) is 0.809. The largest absolute Gasteiger partial charge is 0.378 e. The summed E-state index contributed by atoms with van der Waals surface area (Å²) in [7, 11) is 0. The molecule has 0 bridgehead atoms. The van der Waals surface area contributed by atoms with E-state index in [2.05, 4.69) is 25.1 Å². The van der Waals surface area contributed by atoms with Gasteiger partial charge in [-0.1, -0.05) is 23.7 Å². The zero-order valence-electron chi connectivity index (χ0n) is 16.4. The van der Waals surface area contributed by atoms with Crippen LogP contribution in [0.25, 0.3) is 0 Å². The fourth-order valence-corrected chi connectivity index (χ4v) is 3.87.